The number of alkyl halides is 3. The summed E-state index contributed by atoms with van der Waals surface area (Å²) in [6.45, 7) is -0.598. The quantitative estimate of drug-likeness (QED) is 0.779. The summed E-state index contributed by atoms with van der Waals surface area (Å²) in [5.41, 5.74) is 5.54. The van der Waals surface area contributed by atoms with E-state index in [0.29, 0.717) is 12.5 Å². The van der Waals surface area contributed by atoms with Crippen LogP contribution in [0.15, 0.2) is 0 Å². The fourth-order valence-electron chi connectivity index (χ4n) is 2.15. The van der Waals surface area contributed by atoms with E-state index in [1.54, 1.807) is 0 Å². The minimum atomic E-state index is -4.23. The Morgan fingerprint density at radius 2 is 1.87 bits per heavy atom. The number of hydrogen-bond acceptors (Lipinski definition) is 2. The van der Waals surface area contributed by atoms with Gasteiger partial charge in [-0.3, -0.25) is 0 Å². The number of hydrogen-bond donors (Lipinski definition) is 1. The predicted octanol–water partition coefficient (Wildman–Crippen LogP) is 2.33. The van der Waals surface area contributed by atoms with E-state index in [2.05, 4.69) is 4.74 Å². The molecule has 0 radical (unpaired) electrons. The molecule has 0 aromatic rings. The molecule has 2 nitrogen and oxygen atoms in total. The lowest BCUT2D eigenvalue weighted by atomic mass is 9.92. The minimum Gasteiger partial charge on any atom is -0.372 e. The molecule has 90 valence electrons. The molecule has 1 fully saturated rings. The van der Waals surface area contributed by atoms with Crippen LogP contribution in [0.2, 0.25) is 0 Å². The highest BCUT2D eigenvalue weighted by atomic mass is 19.4. The summed E-state index contributed by atoms with van der Waals surface area (Å²) < 4.78 is 40.2. The molecule has 0 amide bonds. The van der Waals surface area contributed by atoms with Crippen LogP contribution in [-0.4, -0.2) is 25.9 Å². The lowest BCUT2D eigenvalue weighted by Crippen LogP contribution is -2.28. The summed E-state index contributed by atoms with van der Waals surface area (Å²) in [5, 5.41) is 0. The zero-order valence-corrected chi connectivity index (χ0v) is 8.72. The lowest BCUT2D eigenvalue weighted by Gasteiger charge is -2.21. The van der Waals surface area contributed by atoms with Gasteiger partial charge in [0.1, 0.15) is 6.61 Å². The maximum absolute atomic E-state index is 11.8. The summed E-state index contributed by atoms with van der Waals surface area (Å²) in [6.07, 6.45) is 0.268. The average Bonchev–Trinajstić information content (AvgIpc) is 2.63. The van der Waals surface area contributed by atoms with E-state index < -0.39 is 12.8 Å². The second kappa shape index (κ2) is 5.70. The second-order valence-electron chi connectivity index (χ2n) is 4.17. The van der Waals surface area contributed by atoms with Crippen LogP contribution in [0, 0.1) is 11.8 Å². The summed E-state index contributed by atoms with van der Waals surface area (Å²) in [7, 11) is 0. The van der Waals surface area contributed by atoms with Crippen LogP contribution in [0.25, 0.3) is 0 Å². The SMILES string of the molecule is NCC(COCC(F)(F)F)C1CCCC1. The van der Waals surface area contributed by atoms with E-state index >= 15 is 0 Å². The molecule has 2 N–H and O–H groups in total. The Balaban J connectivity index is 2.21. The smallest absolute Gasteiger partial charge is 0.372 e. The van der Waals surface area contributed by atoms with Crippen LogP contribution in [0.1, 0.15) is 25.7 Å². The van der Waals surface area contributed by atoms with Gasteiger partial charge in [-0.1, -0.05) is 25.7 Å². The topological polar surface area (TPSA) is 35.2 Å². The van der Waals surface area contributed by atoms with Gasteiger partial charge in [0, 0.05) is 0 Å². The highest BCUT2D eigenvalue weighted by Gasteiger charge is 2.29. The van der Waals surface area contributed by atoms with Crippen molar-refractivity contribution in [3.05, 3.63) is 0 Å². The minimum absolute atomic E-state index is 0.0925. The number of nitrogens with two attached hydrogens (primary N) is 1. The summed E-state index contributed by atoms with van der Waals surface area (Å²) >= 11 is 0. The molecule has 15 heavy (non-hydrogen) atoms. The Morgan fingerprint density at radius 3 is 2.33 bits per heavy atom. The van der Waals surface area contributed by atoms with Gasteiger partial charge in [-0.25, -0.2) is 0 Å². The van der Waals surface area contributed by atoms with E-state index in [9.17, 15) is 13.2 Å². The Kier molecular flexibility index (Phi) is 4.86. The number of rotatable bonds is 5. The molecule has 0 aromatic carbocycles. The average molecular weight is 225 g/mol. The third-order valence-electron chi connectivity index (χ3n) is 2.97. The molecular weight excluding hydrogens is 207 g/mol. The Labute approximate surface area is 88.0 Å². The first kappa shape index (κ1) is 12.8. The van der Waals surface area contributed by atoms with Crippen LogP contribution < -0.4 is 5.73 Å². The van der Waals surface area contributed by atoms with Crippen LogP contribution in [-0.2, 0) is 4.74 Å². The third kappa shape index (κ3) is 4.84. The van der Waals surface area contributed by atoms with Crippen molar-refractivity contribution >= 4 is 0 Å². The Bertz CT molecular complexity index is 178. The summed E-state index contributed by atoms with van der Waals surface area (Å²) in [4.78, 5) is 0. The molecule has 1 rings (SSSR count). The maximum atomic E-state index is 11.8. The van der Waals surface area contributed by atoms with E-state index in [4.69, 9.17) is 5.73 Å². The molecule has 1 aliphatic carbocycles. The normalized spacial score (nSPS) is 20.8. The van der Waals surface area contributed by atoms with Crippen molar-refractivity contribution in [2.24, 2.45) is 17.6 Å². The molecule has 1 unspecified atom stereocenters. The third-order valence-corrected chi connectivity index (χ3v) is 2.97. The van der Waals surface area contributed by atoms with E-state index in [0.717, 1.165) is 12.8 Å². The van der Waals surface area contributed by atoms with Gasteiger partial charge in [0.15, 0.2) is 0 Å². The fraction of sp³-hybridized carbons (Fsp3) is 1.00. The molecule has 0 spiro atoms. The predicted molar refractivity (Wildman–Crippen MR) is 51.4 cm³/mol. The van der Waals surface area contributed by atoms with E-state index in [-0.39, 0.29) is 12.5 Å². The lowest BCUT2D eigenvalue weighted by molar-refractivity contribution is -0.177. The van der Waals surface area contributed by atoms with Gasteiger partial charge in [0.2, 0.25) is 0 Å². The molecule has 5 heteroatoms. The van der Waals surface area contributed by atoms with Gasteiger partial charge in [0.05, 0.1) is 6.61 Å². The molecule has 0 heterocycles. The monoisotopic (exact) mass is 225 g/mol. The van der Waals surface area contributed by atoms with E-state index in [1.807, 2.05) is 0 Å². The Hall–Kier alpha value is -0.290. The van der Waals surface area contributed by atoms with Crippen molar-refractivity contribution in [3.8, 4) is 0 Å². The first-order valence-electron chi connectivity index (χ1n) is 5.37. The standard InChI is InChI=1S/C10H18F3NO/c11-10(12,13)7-15-6-9(5-14)8-3-1-2-4-8/h8-9H,1-7,14H2. The van der Waals surface area contributed by atoms with Crippen LogP contribution in [0.3, 0.4) is 0 Å². The van der Waals surface area contributed by atoms with Crippen LogP contribution in [0.5, 0.6) is 0 Å². The van der Waals surface area contributed by atoms with Gasteiger partial charge in [-0.05, 0) is 18.4 Å². The summed E-state index contributed by atoms with van der Waals surface area (Å²) in [5.74, 6) is 0.554. The van der Waals surface area contributed by atoms with Gasteiger partial charge in [-0.15, -0.1) is 0 Å². The van der Waals surface area contributed by atoms with Gasteiger partial charge in [0.25, 0.3) is 0 Å². The number of halogens is 3. The highest BCUT2D eigenvalue weighted by Crippen LogP contribution is 2.31. The zero-order valence-electron chi connectivity index (χ0n) is 8.72. The largest absolute Gasteiger partial charge is 0.411 e. The van der Waals surface area contributed by atoms with Crippen LogP contribution in [0.4, 0.5) is 13.2 Å². The van der Waals surface area contributed by atoms with Crippen molar-refractivity contribution in [2.75, 3.05) is 19.8 Å². The van der Waals surface area contributed by atoms with Crippen molar-refractivity contribution in [1.82, 2.24) is 0 Å². The zero-order chi connectivity index (χ0) is 11.3. The van der Waals surface area contributed by atoms with Crippen LogP contribution >= 0.6 is 0 Å². The van der Waals surface area contributed by atoms with Crippen molar-refractivity contribution < 1.29 is 17.9 Å². The van der Waals surface area contributed by atoms with E-state index in [1.165, 1.54) is 12.8 Å². The second-order valence-corrected chi connectivity index (χ2v) is 4.17. The van der Waals surface area contributed by atoms with Gasteiger partial charge in [-0.2, -0.15) is 13.2 Å². The first-order chi connectivity index (χ1) is 7.03. The fourth-order valence-corrected chi connectivity index (χ4v) is 2.15. The maximum Gasteiger partial charge on any atom is 0.411 e. The Morgan fingerprint density at radius 1 is 1.27 bits per heavy atom. The highest BCUT2D eigenvalue weighted by molar-refractivity contribution is 4.75. The number of ether oxygens (including phenoxy) is 1. The molecule has 0 aromatic heterocycles. The van der Waals surface area contributed by atoms with Gasteiger partial charge >= 0.3 is 6.18 Å². The van der Waals surface area contributed by atoms with Crippen molar-refractivity contribution in [2.45, 2.75) is 31.9 Å². The van der Waals surface area contributed by atoms with Gasteiger partial charge < -0.3 is 10.5 Å². The molecule has 1 atom stereocenters. The molecule has 0 saturated heterocycles. The molecule has 0 aliphatic heterocycles. The molecule has 0 bridgehead atoms. The molecular formula is C10H18F3NO. The first-order valence-corrected chi connectivity index (χ1v) is 5.37. The van der Waals surface area contributed by atoms with Crippen molar-refractivity contribution in [3.63, 3.8) is 0 Å². The molecule has 1 saturated carbocycles. The summed E-state index contributed by atoms with van der Waals surface area (Å²) in [6, 6.07) is 0. The van der Waals surface area contributed by atoms with Crippen molar-refractivity contribution in [1.29, 1.82) is 0 Å². The molecule has 1 aliphatic rings.